The highest BCUT2D eigenvalue weighted by atomic mass is 16.2. The van der Waals surface area contributed by atoms with Crippen LogP contribution in [0.25, 0.3) is 0 Å². The van der Waals surface area contributed by atoms with Gasteiger partial charge in [0, 0.05) is 6.54 Å². The van der Waals surface area contributed by atoms with Gasteiger partial charge in [-0.3, -0.25) is 4.79 Å². The number of hydrogen-bond donors (Lipinski definition) is 2. The van der Waals surface area contributed by atoms with E-state index in [-0.39, 0.29) is 5.91 Å². The first-order valence-electron chi connectivity index (χ1n) is 7.48. The summed E-state index contributed by atoms with van der Waals surface area (Å²) >= 11 is 0. The van der Waals surface area contributed by atoms with Crippen LogP contribution in [0.5, 0.6) is 0 Å². The number of aryl methyl sites for hydroxylation is 1. The summed E-state index contributed by atoms with van der Waals surface area (Å²) in [5, 5.41) is 2.99. The van der Waals surface area contributed by atoms with Gasteiger partial charge in [0.25, 0.3) is 0 Å². The minimum absolute atomic E-state index is 0.0181. The van der Waals surface area contributed by atoms with Gasteiger partial charge >= 0.3 is 0 Å². The van der Waals surface area contributed by atoms with Gasteiger partial charge in [-0.25, -0.2) is 0 Å². The van der Waals surface area contributed by atoms with E-state index in [1.165, 1.54) is 5.56 Å². The minimum Gasteiger partial charge on any atom is -0.354 e. The lowest BCUT2D eigenvalue weighted by Crippen LogP contribution is -2.42. The standard InChI is InChI=1S/C17H24N2O/c18-16(12-11-14-7-3-1-4-8-14)17(20)19-13-15-9-5-2-6-10-15/h1-5,7-8,15-16H,6,9-13,18H2,(H,19,20)/t15?,16-/m0/s1. The summed E-state index contributed by atoms with van der Waals surface area (Å²) < 4.78 is 0. The molecular formula is C17H24N2O. The van der Waals surface area contributed by atoms with E-state index in [0.717, 1.165) is 32.2 Å². The Bertz CT molecular complexity index is 442. The molecule has 0 bridgehead atoms. The predicted molar refractivity (Wildman–Crippen MR) is 82.2 cm³/mol. The largest absolute Gasteiger partial charge is 0.354 e. The number of hydrogen-bond acceptors (Lipinski definition) is 2. The van der Waals surface area contributed by atoms with Crippen LogP contribution in [0.2, 0.25) is 0 Å². The zero-order chi connectivity index (χ0) is 14.2. The highest BCUT2D eigenvalue weighted by Crippen LogP contribution is 2.16. The van der Waals surface area contributed by atoms with Crippen LogP contribution in [0.4, 0.5) is 0 Å². The predicted octanol–water partition coefficient (Wildman–Crippen LogP) is 2.42. The molecule has 3 heteroatoms. The fraction of sp³-hybridized carbons (Fsp3) is 0.471. The third-order valence-corrected chi connectivity index (χ3v) is 3.87. The lowest BCUT2D eigenvalue weighted by Gasteiger charge is -2.19. The van der Waals surface area contributed by atoms with Crippen molar-refractivity contribution in [3.63, 3.8) is 0 Å². The van der Waals surface area contributed by atoms with Crippen LogP contribution in [0.3, 0.4) is 0 Å². The second-order valence-electron chi connectivity index (χ2n) is 5.53. The Balaban J connectivity index is 1.67. The Kier molecular flexibility index (Phi) is 5.81. The van der Waals surface area contributed by atoms with Gasteiger partial charge < -0.3 is 11.1 Å². The molecule has 1 aliphatic carbocycles. The molecule has 0 spiro atoms. The molecule has 1 amide bonds. The molecule has 0 heterocycles. The average molecular weight is 272 g/mol. The van der Waals surface area contributed by atoms with Crippen molar-refractivity contribution in [2.75, 3.05) is 6.54 Å². The number of benzene rings is 1. The molecule has 0 saturated carbocycles. The Morgan fingerprint density at radius 2 is 2.10 bits per heavy atom. The van der Waals surface area contributed by atoms with Gasteiger partial charge in [0.1, 0.15) is 0 Å². The van der Waals surface area contributed by atoms with E-state index < -0.39 is 6.04 Å². The molecule has 1 unspecified atom stereocenters. The summed E-state index contributed by atoms with van der Waals surface area (Å²) in [6, 6.07) is 9.75. The second-order valence-corrected chi connectivity index (χ2v) is 5.53. The lowest BCUT2D eigenvalue weighted by molar-refractivity contribution is -0.122. The van der Waals surface area contributed by atoms with Crippen LogP contribution in [0.1, 0.15) is 31.2 Å². The van der Waals surface area contributed by atoms with Crippen molar-refractivity contribution < 1.29 is 4.79 Å². The fourth-order valence-electron chi connectivity index (χ4n) is 2.52. The van der Waals surface area contributed by atoms with Gasteiger partial charge in [-0.2, -0.15) is 0 Å². The highest BCUT2D eigenvalue weighted by Gasteiger charge is 2.16. The molecule has 1 aromatic carbocycles. The van der Waals surface area contributed by atoms with E-state index in [4.69, 9.17) is 5.73 Å². The van der Waals surface area contributed by atoms with E-state index in [9.17, 15) is 4.79 Å². The molecule has 2 rings (SSSR count). The molecule has 0 radical (unpaired) electrons. The number of carbonyl (C=O) groups is 1. The second kappa shape index (κ2) is 7.85. The van der Waals surface area contributed by atoms with Crippen LogP contribution in [0, 0.1) is 5.92 Å². The molecule has 0 aliphatic heterocycles. The lowest BCUT2D eigenvalue weighted by atomic mass is 9.94. The number of nitrogens with two attached hydrogens (primary N) is 1. The van der Waals surface area contributed by atoms with Crippen LogP contribution in [0.15, 0.2) is 42.5 Å². The minimum atomic E-state index is -0.408. The molecule has 20 heavy (non-hydrogen) atoms. The maximum Gasteiger partial charge on any atom is 0.236 e. The number of rotatable bonds is 6. The molecule has 1 aromatic rings. The van der Waals surface area contributed by atoms with E-state index in [1.54, 1.807) is 0 Å². The van der Waals surface area contributed by atoms with E-state index >= 15 is 0 Å². The summed E-state index contributed by atoms with van der Waals surface area (Å²) in [6.45, 7) is 0.752. The van der Waals surface area contributed by atoms with Crippen molar-refractivity contribution in [2.24, 2.45) is 11.7 Å². The fourth-order valence-corrected chi connectivity index (χ4v) is 2.52. The first kappa shape index (κ1) is 14.8. The molecule has 3 nitrogen and oxygen atoms in total. The van der Waals surface area contributed by atoms with Gasteiger partial charge in [0.05, 0.1) is 6.04 Å². The molecule has 3 N–H and O–H groups in total. The highest BCUT2D eigenvalue weighted by molar-refractivity contribution is 5.81. The maximum absolute atomic E-state index is 12.0. The average Bonchev–Trinajstić information content (AvgIpc) is 2.52. The molecular weight excluding hydrogens is 248 g/mol. The van der Waals surface area contributed by atoms with Crippen molar-refractivity contribution in [1.29, 1.82) is 0 Å². The Labute approximate surface area is 121 Å². The van der Waals surface area contributed by atoms with Crippen LogP contribution in [-0.2, 0) is 11.2 Å². The van der Waals surface area contributed by atoms with Crippen LogP contribution < -0.4 is 11.1 Å². The normalized spacial score (nSPS) is 19.6. The summed E-state index contributed by atoms with van der Waals surface area (Å²) in [6.07, 6.45) is 9.32. The molecule has 0 fully saturated rings. The third-order valence-electron chi connectivity index (χ3n) is 3.87. The van der Waals surface area contributed by atoms with Crippen molar-refractivity contribution >= 4 is 5.91 Å². The molecule has 1 aliphatic rings. The van der Waals surface area contributed by atoms with Crippen molar-refractivity contribution in [1.82, 2.24) is 5.32 Å². The quantitative estimate of drug-likeness (QED) is 0.781. The third kappa shape index (κ3) is 4.82. The monoisotopic (exact) mass is 272 g/mol. The zero-order valence-electron chi connectivity index (χ0n) is 11.9. The maximum atomic E-state index is 12.0. The zero-order valence-corrected chi connectivity index (χ0v) is 11.9. The summed E-state index contributed by atoms with van der Waals surface area (Å²) in [4.78, 5) is 12.0. The van der Waals surface area contributed by atoms with Gasteiger partial charge in [-0.1, -0.05) is 42.5 Å². The van der Waals surface area contributed by atoms with E-state index in [1.807, 2.05) is 18.2 Å². The van der Waals surface area contributed by atoms with Gasteiger partial charge in [0.15, 0.2) is 0 Å². The summed E-state index contributed by atoms with van der Waals surface area (Å²) in [5.41, 5.74) is 7.18. The summed E-state index contributed by atoms with van der Waals surface area (Å²) in [7, 11) is 0. The van der Waals surface area contributed by atoms with E-state index in [0.29, 0.717) is 12.3 Å². The number of allylic oxidation sites excluding steroid dienone is 2. The van der Waals surface area contributed by atoms with Gasteiger partial charge in [-0.05, 0) is 43.6 Å². The number of nitrogens with one attached hydrogen (secondary N) is 1. The van der Waals surface area contributed by atoms with Gasteiger partial charge in [0.2, 0.25) is 5.91 Å². The Morgan fingerprint density at radius 1 is 1.30 bits per heavy atom. The molecule has 0 aromatic heterocycles. The van der Waals surface area contributed by atoms with Crippen LogP contribution in [-0.4, -0.2) is 18.5 Å². The Morgan fingerprint density at radius 3 is 2.80 bits per heavy atom. The summed E-state index contributed by atoms with van der Waals surface area (Å²) in [5.74, 6) is 0.556. The molecule has 2 atom stereocenters. The SMILES string of the molecule is N[C@@H](CCc1ccccc1)C(=O)NCC1CC=CCC1. The van der Waals surface area contributed by atoms with Crippen molar-refractivity contribution in [3.05, 3.63) is 48.0 Å². The smallest absolute Gasteiger partial charge is 0.236 e. The van der Waals surface area contributed by atoms with E-state index in [2.05, 4.69) is 29.6 Å². The Hall–Kier alpha value is -1.61. The first-order chi connectivity index (χ1) is 9.75. The number of carbonyl (C=O) groups excluding carboxylic acids is 1. The van der Waals surface area contributed by atoms with Gasteiger partial charge in [-0.15, -0.1) is 0 Å². The molecule has 108 valence electrons. The van der Waals surface area contributed by atoms with Crippen LogP contribution >= 0.6 is 0 Å². The molecule has 0 saturated heterocycles. The number of amides is 1. The van der Waals surface area contributed by atoms with Crippen molar-refractivity contribution in [3.8, 4) is 0 Å². The topological polar surface area (TPSA) is 55.1 Å². The first-order valence-corrected chi connectivity index (χ1v) is 7.48. The van der Waals surface area contributed by atoms with Crippen molar-refractivity contribution in [2.45, 2.75) is 38.1 Å².